The maximum atomic E-state index is 9.05. The molecule has 0 amide bonds. The number of methoxy groups -OCH3 is 1. The lowest BCUT2D eigenvalue weighted by Gasteiger charge is -2.01. The molecule has 0 saturated heterocycles. The summed E-state index contributed by atoms with van der Waals surface area (Å²) >= 11 is 0. The molecule has 1 atom stereocenters. The monoisotopic (exact) mass is 142 g/mol. The van der Waals surface area contributed by atoms with Gasteiger partial charge in [-0.2, -0.15) is 0 Å². The Morgan fingerprint density at radius 1 is 1.70 bits per heavy atom. The summed E-state index contributed by atoms with van der Waals surface area (Å²) in [5.41, 5.74) is 0. The average molecular weight is 142 g/mol. The van der Waals surface area contributed by atoms with Crippen LogP contribution in [0, 0.1) is 0 Å². The van der Waals surface area contributed by atoms with Gasteiger partial charge in [0.15, 0.2) is 11.5 Å². The average Bonchev–Trinajstić information content (AvgIpc) is 2.33. The van der Waals surface area contributed by atoms with E-state index in [9.17, 15) is 0 Å². The van der Waals surface area contributed by atoms with Crippen molar-refractivity contribution in [2.24, 2.45) is 0 Å². The summed E-state index contributed by atoms with van der Waals surface area (Å²) in [6, 6.07) is 1.67. The molecule has 1 rings (SSSR count). The minimum absolute atomic E-state index is 0.475. The van der Waals surface area contributed by atoms with Gasteiger partial charge in [-0.05, 0) is 6.92 Å². The van der Waals surface area contributed by atoms with Gasteiger partial charge in [-0.15, -0.1) is 0 Å². The number of hydrogen-bond acceptors (Lipinski definition) is 3. The Bertz CT molecular complexity index is 202. The van der Waals surface area contributed by atoms with Crippen molar-refractivity contribution in [1.29, 1.82) is 0 Å². The van der Waals surface area contributed by atoms with E-state index < -0.39 is 6.10 Å². The molecule has 0 aliphatic heterocycles. The Kier molecular flexibility index (Phi) is 1.97. The van der Waals surface area contributed by atoms with Gasteiger partial charge >= 0.3 is 0 Å². The molecule has 3 nitrogen and oxygen atoms in total. The molecule has 0 bridgehead atoms. The third-order valence-corrected chi connectivity index (χ3v) is 1.26. The van der Waals surface area contributed by atoms with Crippen molar-refractivity contribution < 1.29 is 14.3 Å². The predicted molar refractivity (Wildman–Crippen MR) is 35.9 cm³/mol. The van der Waals surface area contributed by atoms with E-state index in [2.05, 4.69) is 0 Å². The molecular weight excluding hydrogens is 132 g/mol. The van der Waals surface area contributed by atoms with Gasteiger partial charge in [-0.3, -0.25) is 0 Å². The highest BCUT2D eigenvalue weighted by Gasteiger charge is 2.10. The molecule has 0 aliphatic carbocycles. The zero-order chi connectivity index (χ0) is 7.56. The number of hydrogen-bond donors (Lipinski definition) is 1. The lowest BCUT2D eigenvalue weighted by atomic mass is 10.3. The molecule has 1 unspecified atom stereocenters. The van der Waals surface area contributed by atoms with Crippen LogP contribution in [0.4, 0.5) is 0 Å². The van der Waals surface area contributed by atoms with E-state index in [1.165, 1.54) is 13.4 Å². The number of ether oxygens (including phenoxy) is 1. The van der Waals surface area contributed by atoms with Gasteiger partial charge in [0, 0.05) is 6.07 Å². The molecule has 3 heteroatoms. The first-order valence-electron chi connectivity index (χ1n) is 3.05. The molecule has 0 fully saturated rings. The van der Waals surface area contributed by atoms with Gasteiger partial charge in [0.25, 0.3) is 0 Å². The van der Waals surface area contributed by atoms with Crippen LogP contribution in [0.25, 0.3) is 0 Å². The Morgan fingerprint density at radius 3 is 2.80 bits per heavy atom. The van der Waals surface area contributed by atoms with Gasteiger partial charge in [0.1, 0.15) is 6.10 Å². The molecule has 10 heavy (non-hydrogen) atoms. The van der Waals surface area contributed by atoms with Gasteiger partial charge in [0.05, 0.1) is 13.4 Å². The van der Waals surface area contributed by atoms with E-state index in [4.69, 9.17) is 14.3 Å². The Labute approximate surface area is 59.2 Å². The highest BCUT2D eigenvalue weighted by atomic mass is 16.5. The van der Waals surface area contributed by atoms with Crippen LogP contribution in [0.2, 0.25) is 0 Å². The van der Waals surface area contributed by atoms with Crippen LogP contribution in [0.15, 0.2) is 16.7 Å². The summed E-state index contributed by atoms with van der Waals surface area (Å²) in [4.78, 5) is 0. The summed E-state index contributed by atoms with van der Waals surface area (Å²) in [5.74, 6) is 1.07. The molecule has 1 heterocycles. The molecule has 0 aromatic carbocycles. The second-order valence-corrected chi connectivity index (χ2v) is 2.03. The first-order chi connectivity index (χ1) is 4.75. The smallest absolute Gasteiger partial charge is 0.173 e. The van der Waals surface area contributed by atoms with Crippen LogP contribution in [-0.2, 0) is 0 Å². The van der Waals surface area contributed by atoms with Gasteiger partial charge < -0.3 is 14.3 Å². The standard InChI is InChI=1S/C7H10O3/c1-5(8)7-6(9-2)3-4-10-7/h3-5,8H,1-2H3. The second kappa shape index (κ2) is 2.75. The van der Waals surface area contributed by atoms with E-state index >= 15 is 0 Å². The molecule has 1 N–H and O–H groups in total. The summed E-state index contributed by atoms with van der Waals surface area (Å²) in [6.07, 6.45) is 0.880. The third-order valence-electron chi connectivity index (χ3n) is 1.26. The van der Waals surface area contributed by atoms with Crippen molar-refractivity contribution in [3.63, 3.8) is 0 Å². The predicted octanol–water partition coefficient (Wildman–Crippen LogP) is 1.34. The zero-order valence-electron chi connectivity index (χ0n) is 6.00. The van der Waals surface area contributed by atoms with E-state index in [1.54, 1.807) is 13.0 Å². The SMILES string of the molecule is COc1ccoc1C(C)O. The number of rotatable bonds is 2. The van der Waals surface area contributed by atoms with E-state index in [0.717, 1.165) is 0 Å². The number of aliphatic hydroxyl groups excluding tert-OH is 1. The molecule has 56 valence electrons. The summed E-state index contributed by atoms with van der Waals surface area (Å²) in [5, 5.41) is 9.05. The van der Waals surface area contributed by atoms with Crippen LogP contribution >= 0.6 is 0 Å². The number of aliphatic hydroxyl groups is 1. The van der Waals surface area contributed by atoms with Gasteiger partial charge in [-0.25, -0.2) is 0 Å². The van der Waals surface area contributed by atoms with Crippen LogP contribution in [0.1, 0.15) is 18.8 Å². The molecular formula is C7H10O3. The maximum Gasteiger partial charge on any atom is 0.173 e. The zero-order valence-corrected chi connectivity index (χ0v) is 6.00. The van der Waals surface area contributed by atoms with Crippen molar-refractivity contribution in [3.05, 3.63) is 18.1 Å². The normalized spacial score (nSPS) is 13.1. The van der Waals surface area contributed by atoms with Crippen LogP contribution in [0.5, 0.6) is 5.75 Å². The lowest BCUT2D eigenvalue weighted by Crippen LogP contribution is -1.91. The van der Waals surface area contributed by atoms with Crippen LogP contribution in [0.3, 0.4) is 0 Å². The largest absolute Gasteiger partial charge is 0.493 e. The van der Waals surface area contributed by atoms with Gasteiger partial charge in [0.2, 0.25) is 0 Å². The fourth-order valence-electron chi connectivity index (χ4n) is 0.782. The molecule has 0 saturated carbocycles. The molecule has 0 aliphatic rings. The maximum absolute atomic E-state index is 9.05. The van der Waals surface area contributed by atoms with E-state index in [1.807, 2.05) is 0 Å². The fourth-order valence-corrected chi connectivity index (χ4v) is 0.782. The summed E-state index contributed by atoms with van der Waals surface area (Å²) in [7, 11) is 1.54. The van der Waals surface area contributed by atoms with Crippen molar-refractivity contribution >= 4 is 0 Å². The number of furan rings is 1. The summed E-state index contributed by atoms with van der Waals surface area (Å²) < 4.78 is 9.83. The fraction of sp³-hybridized carbons (Fsp3) is 0.429. The highest BCUT2D eigenvalue weighted by molar-refractivity contribution is 5.25. The second-order valence-electron chi connectivity index (χ2n) is 2.03. The third kappa shape index (κ3) is 1.14. The first-order valence-corrected chi connectivity index (χ1v) is 3.05. The summed E-state index contributed by atoms with van der Waals surface area (Å²) in [6.45, 7) is 1.63. The van der Waals surface area contributed by atoms with Crippen LogP contribution < -0.4 is 4.74 Å². The minimum Gasteiger partial charge on any atom is -0.493 e. The minimum atomic E-state index is -0.607. The Balaban J connectivity index is 2.90. The van der Waals surface area contributed by atoms with Crippen molar-refractivity contribution in [2.45, 2.75) is 13.0 Å². The molecule has 1 aromatic rings. The molecule has 1 aromatic heterocycles. The molecule has 0 radical (unpaired) electrons. The Morgan fingerprint density at radius 2 is 2.40 bits per heavy atom. The van der Waals surface area contributed by atoms with Crippen molar-refractivity contribution in [2.75, 3.05) is 7.11 Å². The quantitative estimate of drug-likeness (QED) is 0.677. The highest BCUT2D eigenvalue weighted by Crippen LogP contribution is 2.25. The van der Waals surface area contributed by atoms with Gasteiger partial charge in [-0.1, -0.05) is 0 Å². The first kappa shape index (κ1) is 7.15. The topological polar surface area (TPSA) is 42.6 Å². The van der Waals surface area contributed by atoms with Crippen molar-refractivity contribution in [1.82, 2.24) is 0 Å². The van der Waals surface area contributed by atoms with Crippen LogP contribution in [-0.4, -0.2) is 12.2 Å². The van der Waals surface area contributed by atoms with Crippen molar-refractivity contribution in [3.8, 4) is 5.75 Å². The molecule has 0 spiro atoms. The Hall–Kier alpha value is -0.960. The lowest BCUT2D eigenvalue weighted by molar-refractivity contribution is 0.163. The van der Waals surface area contributed by atoms with E-state index in [0.29, 0.717) is 11.5 Å². The van der Waals surface area contributed by atoms with E-state index in [-0.39, 0.29) is 0 Å².